The number of ether oxygens (including phenoxy) is 1. The lowest BCUT2D eigenvalue weighted by Gasteiger charge is -2.32. The first-order valence-corrected chi connectivity index (χ1v) is 9.84. The van der Waals surface area contributed by atoms with Crippen LogP contribution in [0, 0.1) is 5.92 Å². The van der Waals surface area contributed by atoms with E-state index < -0.39 is 5.60 Å². The van der Waals surface area contributed by atoms with Crippen LogP contribution < -0.4 is 10.6 Å². The van der Waals surface area contributed by atoms with Crippen LogP contribution in [0.2, 0.25) is 5.02 Å². The Balaban J connectivity index is 1.62. The summed E-state index contributed by atoms with van der Waals surface area (Å²) < 4.78 is 5.26. The first-order chi connectivity index (χ1) is 12.7. The van der Waals surface area contributed by atoms with E-state index >= 15 is 0 Å². The van der Waals surface area contributed by atoms with Crippen molar-refractivity contribution in [3.8, 4) is 0 Å². The van der Waals surface area contributed by atoms with E-state index in [1.54, 1.807) is 12.1 Å². The van der Waals surface area contributed by atoms with Crippen molar-refractivity contribution >= 4 is 29.3 Å². The van der Waals surface area contributed by atoms with E-state index in [0.717, 1.165) is 32.5 Å². The summed E-state index contributed by atoms with van der Waals surface area (Å²) in [5, 5.41) is 6.25. The van der Waals surface area contributed by atoms with Gasteiger partial charge in [0.25, 0.3) is 0 Å². The zero-order valence-electron chi connectivity index (χ0n) is 16.4. The fourth-order valence-electron chi connectivity index (χ4n) is 2.99. The molecular formula is C20H30ClN3O3. The van der Waals surface area contributed by atoms with E-state index in [4.69, 9.17) is 16.3 Å². The van der Waals surface area contributed by atoms with Gasteiger partial charge in [0.15, 0.2) is 0 Å². The molecule has 1 aromatic rings. The molecule has 1 aromatic carbocycles. The summed E-state index contributed by atoms with van der Waals surface area (Å²) in [5.74, 6) is 0.419. The van der Waals surface area contributed by atoms with Gasteiger partial charge in [-0.15, -0.1) is 0 Å². The van der Waals surface area contributed by atoms with E-state index in [1.807, 2.05) is 32.9 Å². The van der Waals surface area contributed by atoms with Crippen LogP contribution >= 0.6 is 11.6 Å². The molecule has 0 saturated carbocycles. The number of benzene rings is 1. The molecule has 7 heteroatoms. The molecule has 1 fully saturated rings. The van der Waals surface area contributed by atoms with Crippen molar-refractivity contribution in [2.24, 2.45) is 5.92 Å². The van der Waals surface area contributed by atoms with Gasteiger partial charge in [0.05, 0.1) is 10.7 Å². The highest BCUT2D eigenvalue weighted by Crippen LogP contribution is 2.21. The van der Waals surface area contributed by atoms with Gasteiger partial charge in [-0.05, 0) is 64.8 Å². The third-order valence-electron chi connectivity index (χ3n) is 4.44. The van der Waals surface area contributed by atoms with Crippen molar-refractivity contribution in [1.82, 2.24) is 10.2 Å². The van der Waals surface area contributed by atoms with Gasteiger partial charge in [0, 0.05) is 19.5 Å². The Kier molecular flexibility index (Phi) is 7.92. The Bertz CT molecular complexity index is 638. The number of carbonyl (C=O) groups is 2. The largest absolute Gasteiger partial charge is 0.444 e. The molecule has 2 rings (SSSR count). The van der Waals surface area contributed by atoms with Crippen LogP contribution in [0.4, 0.5) is 10.5 Å². The van der Waals surface area contributed by atoms with E-state index in [-0.39, 0.29) is 12.0 Å². The number of nitrogens with one attached hydrogen (secondary N) is 2. The van der Waals surface area contributed by atoms with E-state index in [1.165, 1.54) is 0 Å². The SMILES string of the molecule is CC(C)(C)OC(=O)NCC1CCN(CCC(=O)Nc2ccccc2Cl)CC1. The number of amides is 2. The molecule has 0 aromatic heterocycles. The zero-order valence-corrected chi connectivity index (χ0v) is 17.1. The third kappa shape index (κ3) is 8.18. The Hall–Kier alpha value is -1.79. The lowest BCUT2D eigenvalue weighted by molar-refractivity contribution is -0.116. The quantitative estimate of drug-likeness (QED) is 0.766. The summed E-state index contributed by atoms with van der Waals surface area (Å²) in [5.41, 5.74) is 0.175. The predicted molar refractivity (Wildman–Crippen MR) is 108 cm³/mol. The Morgan fingerprint density at radius 2 is 1.89 bits per heavy atom. The highest BCUT2D eigenvalue weighted by atomic mass is 35.5. The summed E-state index contributed by atoms with van der Waals surface area (Å²) in [6, 6.07) is 7.23. The van der Waals surface area contributed by atoms with Gasteiger partial charge >= 0.3 is 6.09 Å². The van der Waals surface area contributed by atoms with Crippen LogP contribution in [0.15, 0.2) is 24.3 Å². The number of likely N-dealkylation sites (tertiary alicyclic amines) is 1. The summed E-state index contributed by atoms with van der Waals surface area (Å²) in [6.45, 7) is 8.78. The highest BCUT2D eigenvalue weighted by molar-refractivity contribution is 6.33. The Morgan fingerprint density at radius 1 is 1.22 bits per heavy atom. The second kappa shape index (κ2) is 9.95. The van der Waals surface area contributed by atoms with Gasteiger partial charge in [-0.2, -0.15) is 0 Å². The van der Waals surface area contributed by atoms with Crippen LogP contribution in [-0.2, 0) is 9.53 Å². The molecule has 0 radical (unpaired) electrons. The third-order valence-corrected chi connectivity index (χ3v) is 4.77. The highest BCUT2D eigenvalue weighted by Gasteiger charge is 2.22. The minimum Gasteiger partial charge on any atom is -0.444 e. The first kappa shape index (κ1) is 21.5. The van der Waals surface area contributed by atoms with Gasteiger partial charge < -0.3 is 20.3 Å². The van der Waals surface area contributed by atoms with Crippen LogP contribution in [0.5, 0.6) is 0 Å². The van der Waals surface area contributed by atoms with Crippen molar-refractivity contribution in [2.45, 2.75) is 45.6 Å². The second-order valence-electron chi connectivity index (χ2n) is 7.95. The molecule has 2 amide bonds. The van der Waals surface area contributed by atoms with E-state index in [2.05, 4.69) is 15.5 Å². The summed E-state index contributed by atoms with van der Waals surface area (Å²) in [4.78, 5) is 26.1. The molecule has 1 aliphatic heterocycles. The van der Waals surface area contributed by atoms with Gasteiger partial charge in [-0.1, -0.05) is 23.7 Å². The van der Waals surface area contributed by atoms with Crippen LogP contribution in [0.25, 0.3) is 0 Å². The van der Waals surface area contributed by atoms with Gasteiger partial charge in [-0.25, -0.2) is 4.79 Å². The standard InChI is InChI=1S/C20H30ClN3O3/c1-20(2,3)27-19(26)22-14-15-8-11-24(12-9-15)13-10-18(25)23-17-7-5-4-6-16(17)21/h4-7,15H,8-14H2,1-3H3,(H,22,26)(H,23,25). The molecule has 0 spiro atoms. The maximum absolute atomic E-state index is 12.1. The average molecular weight is 396 g/mol. The molecule has 0 aliphatic carbocycles. The number of carbonyl (C=O) groups excluding carboxylic acids is 2. The topological polar surface area (TPSA) is 70.7 Å². The number of nitrogens with zero attached hydrogens (tertiary/aromatic N) is 1. The summed E-state index contributed by atoms with van der Waals surface area (Å²) >= 11 is 6.06. The van der Waals surface area contributed by atoms with Gasteiger partial charge in [0.1, 0.15) is 5.60 Å². The molecule has 2 N–H and O–H groups in total. The molecule has 0 unspecified atom stereocenters. The molecule has 0 bridgehead atoms. The van der Waals surface area contributed by atoms with Crippen LogP contribution in [-0.4, -0.2) is 48.7 Å². The minimum absolute atomic E-state index is 0.0307. The second-order valence-corrected chi connectivity index (χ2v) is 8.35. The van der Waals surface area contributed by atoms with Gasteiger partial charge in [-0.3, -0.25) is 4.79 Å². The van der Waals surface area contributed by atoms with Crippen LogP contribution in [0.3, 0.4) is 0 Å². The maximum Gasteiger partial charge on any atom is 0.407 e. The number of rotatable bonds is 6. The molecule has 1 saturated heterocycles. The van der Waals surface area contributed by atoms with Crippen molar-refractivity contribution < 1.29 is 14.3 Å². The number of hydrogen-bond donors (Lipinski definition) is 2. The maximum atomic E-state index is 12.1. The Labute approximate surface area is 166 Å². The van der Waals surface area contributed by atoms with Crippen LogP contribution in [0.1, 0.15) is 40.0 Å². The van der Waals surface area contributed by atoms with Gasteiger partial charge in [0.2, 0.25) is 5.91 Å². The number of anilines is 1. The smallest absolute Gasteiger partial charge is 0.407 e. The number of piperidine rings is 1. The fraction of sp³-hybridized carbons (Fsp3) is 0.600. The molecule has 27 heavy (non-hydrogen) atoms. The monoisotopic (exact) mass is 395 g/mol. The Morgan fingerprint density at radius 3 is 2.52 bits per heavy atom. The number of para-hydroxylation sites is 1. The van der Waals surface area contributed by atoms with Crippen molar-refractivity contribution in [1.29, 1.82) is 0 Å². The summed E-state index contributed by atoms with van der Waals surface area (Å²) in [6.07, 6.45) is 2.08. The number of hydrogen-bond acceptors (Lipinski definition) is 4. The van der Waals surface area contributed by atoms with Crippen molar-refractivity contribution in [3.05, 3.63) is 29.3 Å². The molecule has 1 aliphatic rings. The van der Waals surface area contributed by atoms with E-state index in [0.29, 0.717) is 29.6 Å². The average Bonchev–Trinajstić information content (AvgIpc) is 2.59. The fourth-order valence-corrected chi connectivity index (χ4v) is 3.17. The van der Waals surface area contributed by atoms with Crippen molar-refractivity contribution in [3.63, 3.8) is 0 Å². The molecule has 0 atom stereocenters. The minimum atomic E-state index is -0.474. The lowest BCUT2D eigenvalue weighted by atomic mass is 9.97. The lowest BCUT2D eigenvalue weighted by Crippen LogP contribution is -2.40. The number of alkyl carbamates (subject to hydrolysis) is 1. The van der Waals surface area contributed by atoms with Crippen molar-refractivity contribution in [2.75, 3.05) is 31.5 Å². The first-order valence-electron chi connectivity index (χ1n) is 9.46. The molecule has 1 heterocycles. The predicted octanol–water partition coefficient (Wildman–Crippen LogP) is 3.91. The summed E-state index contributed by atoms with van der Waals surface area (Å²) in [7, 11) is 0. The molecule has 6 nitrogen and oxygen atoms in total. The molecule has 150 valence electrons. The number of halogens is 1. The zero-order chi connectivity index (χ0) is 19.9. The van der Waals surface area contributed by atoms with E-state index in [9.17, 15) is 9.59 Å². The normalized spacial score (nSPS) is 16.0. The molecular weight excluding hydrogens is 366 g/mol.